The number of azo groups is 1. The van der Waals surface area contributed by atoms with Gasteiger partial charge in [-0.15, -0.1) is 10.2 Å². The third kappa shape index (κ3) is 4.66. The number of ether oxygens (including phenoxy) is 1. The van der Waals surface area contributed by atoms with Gasteiger partial charge in [0.2, 0.25) is 5.88 Å². The zero-order valence-electron chi connectivity index (χ0n) is 14.8. The van der Waals surface area contributed by atoms with Crippen LogP contribution in [-0.2, 0) is 4.79 Å². The lowest BCUT2D eigenvalue weighted by Crippen LogP contribution is -2.01. The van der Waals surface area contributed by atoms with Crippen molar-refractivity contribution in [1.82, 2.24) is 4.98 Å². The summed E-state index contributed by atoms with van der Waals surface area (Å²) in [4.78, 5) is 14.8. The summed E-state index contributed by atoms with van der Waals surface area (Å²) in [5.41, 5.74) is 1.90. The number of nitrogens with zero attached hydrogens (tertiary/aromatic N) is 2. The van der Waals surface area contributed by atoms with Gasteiger partial charge >= 0.3 is 0 Å². The summed E-state index contributed by atoms with van der Waals surface area (Å²) in [6, 6.07) is 8.67. The van der Waals surface area contributed by atoms with Gasteiger partial charge in [0.25, 0.3) is 5.91 Å². The van der Waals surface area contributed by atoms with Gasteiger partial charge in [0.1, 0.15) is 5.75 Å². The maximum absolute atomic E-state index is 12.0. The Bertz CT molecular complexity index is 1070. The van der Waals surface area contributed by atoms with Crippen LogP contribution in [0.25, 0.3) is 10.9 Å². The molecular formula is C19H16BrCl2N3O3. The summed E-state index contributed by atoms with van der Waals surface area (Å²) in [7, 11) is 0. The minimum Gasteiger partial charge on any atom is -0.493 e. The molecule has 0 fully saturated rings. The monoisotopic (exact) mass is 483 g/mol. The lowest BCUT2D eigenvalue weighted by atomic mass is 10.1. The van der Waals surface area contributed by atoms with Crippen molar-refractivity contribution in [1.29, 1.82) is 0 Å². The lowest BCUT2D eigenvalue weighted by molar-refractivity contribution is -0.118. The highest BCUT2D eigenvalue weighted by molar-refractivity contribution is 9.10. The van der Waals surface area contributed by atoms with Crippen molar-refractivity contribution in [3.63, 3.8) is 0 Å². The molecule has 1 aromatic heterocycles. The van der Waals surface area contributed by atoms with Crippen molar-refractivity contribution in [3.05, 3.63) is 50.4 Å². The number of aromatic amines is 1. The highest BCUT2D eigenvalue weighted by atomic mass is 79.9. The average molecular weight is 485 g/mol. The number of hydrogen-bond donors (Lipinski definition) is 2. The molecule has 2 aromatic carbocycles. The first-order chi connectivity index (χ1) is 13.4. The van der Waals surface area contributed by atoms with Crippen LogP contribution in [0.15, 0.2) is 45.0 Å². The molecule has 0 saturated carbocycles. The number of halogens is 3. The van der Waals surface area contributed by atoms with Crippen molar-refractivity contribution >= 4 is 61.6 Å². The van der Waals surface area contributed by atoms with E-state index >= 15 is 0 Å². The van der Waals surface area contributed by atoms with Crippen molar-refractivity contribution in [2.24, 2.45) is 10.2 Å². The van der Waals surface area contributed by atoms with Crippen molar-refractivity contribution in [2.75, 3.05) is 6.61 Å². The van der Waals surface area contributed by atoms with Gasteiger partial charge in [0.05, 0.1) is 17.1 Å². The predicted octanol–water partition coefficient (Wildman–Crippen LogP) is 6.72. The van der Waals surface area contributed by atoms with E-state index in [9.17, 15) is 9.90 Å². The highest BCUT2D eigenvalue weighted by Crippen LogP contribution is 2.41. The van der Waals surface area contributed by atoms with Gasteiger partial charge in [-0.25, -0.2) is 0 Å². The first kappa shape index (κ1) is 20.6. The second-order valence-electron chi connectivity index (χ2n) is 6.06. The second kappa shape index (κ2) is 8.94. The number of fused-ring (bicyclic) bond motifs is 1. The summed E-state index contributed by atoms with van der Waals surface area (Å²) in [6.45, 7) is 2.22. The maximum atomic E-state index is 12.0. The van der Waals surface area contributed by atoms with Crippen LogP contribution in [0.4, 0.5) is 5.69 Å². The molecule has 1 heterocycles. The number of H-pyrrole nitrogens is 1. The molecule has 28 heavy (non-hydrogen) atoms. The number of amides is 1. The number of nitrogens with one attached hydrogen (secondary N) is 1. The van der Waals surface area contributed by atoms with Gasteiger partial charge in [-0.05, 0) is 59.1 Å². The third-order valence-corrected chi connectivity index (χ3v) is 5.55. The van der Waals surface area contributed by atoms with Crippen LogP contribution < -0.4 is 4.74 Å². The molecule has 9 heteroatoms. The largest absolute Gasteiger partial charge is 0.493 e. The normalized spacial score (nSPS) is 11.4. The van der Waals surface area contributed by atoms with Crippen molar-refractivity contribution in [2.45, 2.75) is 19.8 Å². The SMILES string of the molecule is Cc1ccc2[nH]c(O)c(N=NC(=O)CCCOc3ccc(Cl)cc3Cl)c2c1Br. The number of aromatic hydroxyl groups is 1. The minimum absolute atomic E-state index is 0.140. The maximum Gasteiger partial charge on any atom is 0.264 e. The fraction of sp³-hybridized carbons (Fsp3) is 0.211. The molecule has 0 unspecified atom stereocenters. The molecule has 0 aliphatic heterocycles. The first-order valence-electron chi connectivity index (χ1n) is 8.39. The Morgan fingerprint density at radius 3 is 2.82 bits per heavy atom. The van der Waals surface area contributed by atoms with E-state index in [0.717, 1.165) is 10.0 Å². The lowest BCUT2D eigenvalue weighted by Gasteiger charge is -2.07. The Kier molecular flexibility index (Phi) is 6.59. The van der Waals surface area contributed by atoms with Crippen LogP contribution in [0.2, 0.25) is 10.0 Å². The molecule has 0 spiro atoms. The summed E-state index contributed by atoms with van der Waals surface area (Å²) < 4.78 is 6.32. The Balaban J connectivity index is 1.59. The fourth-order valence-corrected chi connectivity index (χ4v) is 3.57. The van der Waals surface area contributed by atoms with Crippen LogP contribution >= 0.6 is 39.1 Å². The summed E-state index contributed by atoms with van der Waals surface area (Å²) in [5.74, 6) is -0.0500. The zero-order chi connectivity index (χ0) is 20.3. The van der Waals surface area contributed by atoms with Gasteiger partial charge in [-0.2, -0.15) is 0 Å². The minimum atomic E-state index is -0.414. The van der Waals surface area contributed by atoms with E-state index in [0.29, 0.717) is 39.7 Å². The van der Waals surface area contributed by atoms with Gasteiger partial charge in [0, 0.05) is 21.3 Å². The van der Waals surface area contributed by atoms with E-state index < -0.39 is 5.91 Å². The summed E-state index contributed by atoms with van der Waals surface area (Å²) >= 11 is 15.3. The molecule has 2 N–H and O–H groups in total. The summed E-state index contributed by atoms with van der Waals surface area (Å²) in [6.07, 6.45) is 0.595. The number of hydrogen-bond acceptors (Lipinski definition) is 4. The van der Waals surface area contributed by atoms with Crippen LogP contribution in [0.3, 0.4) is 0 Å². The molecule has 0 bridgehead atoms. The molecule has 3 rings (SSSR count). The van der Waals surface area contributed by atoms with Crippen molar-refractivity contribution in [3.8, 4) is 11.6 Å². The Morgan fingerprint density at radius 1 is 1.29 bits per heavy atom. The number of aromatic nitrogens is 1. The van der Waals surface area contributed by atoms with Crippen LogP contribution in [0.1, 0.15) is 18.4 Å². The molecule has 3 aromatic rings. The van der Waals surface area contributed by atoms with Crippen LogP contribution in [-0.4, -0.2) is 22.6 Å². The first-order valence-corrected chi connectivity index (χ1v) is 9.94. The average Bonchev–Trinajstić information content (AvgIpc) is 2.97. The topological polar surface area (TPSA) is 87.0 Å². The number of carbonyl (C=O) groups excluding carboxylic acids is 1. The number of carbonyl (C=O) groups is 1. The molecule has 1 amide bonds. The summed E-state index contributed by atoms with van der Waals surface area (Å²) in [5, 5.41) is 19.3. The van der Waals surface area contributed by atoms with Crippen LogP contribution in [0.5, 0.6) is 11.6 Å². The van der Waals surface area contributed by atoms with Crippen molar-refractivity contribution < 1.29 is 14.6 Å². The van der Waals surface area contributed by atoms with E-state index in [1.165, 1.54) is 0 Å². The van der Waals surface area contributed by atoms with Crippen LogP contribution in [0, 0.1) is 6.92 Å². The standard InChI is InChI=1S/C19H16BrCl2N3O3/c1-10-4-6-13-16(17(10)20)18(19(27)23-13)25-24-15(26)3-2-8-28-14-7-5-11(21)9-12(14)22/h4-7,9,23,27H,2-3,8H2,1H3. The van der Waals surface area contributed by atoms with Gasteiger partial charge in [-0.1, -0.05) is 29.3 Å². The molecule has 0 atom stereocenters. The molecule has 146 valence electrons. The smallest absolute Gasteiger partial charge is 0.264 e. The zero-order valence-corrected chi connectivity index (χ0v) is 17.9. The van der Waals surface area contributed by atoms with E-state index in [1.54, 1.807) is 18.2 Å². The molecule has 0 aliphatic rings. The second-order valence-corrected chi connectivity index (χ2v) is 7.70. The Morgan fingerprint density at radius 2 is 2.07 bits per heavy atom. The number of benzene rings is 2. The fourth-order valence-electron chi connectivity index (χ4n) is 2.57. The Hall–Kier alpha value is -2.09. The molecule has 0 saturated heterocycles. The highest BCUT2D eigenvalue weighted by Gasteiger charge is 2.15. The van der Waals surface area contributed by atoms with Gasteiger partial charge in [-0.3, -0.25) is 4.79 Å². The molecule has 6 nitrogen and oxygen atoms in total. The number of rotatable bonds is 6. The van der Waals surface area contributed by atoms with E-state index in [2.05, 4.69) is 31.1 Å². The van der Waals surface area contributed by atoms with Gasteiger partial charge < -0.3 is 14.8 Å². The molecular weight excluding hydrogens is 469 g/mol. The van der Waals surface area contributed by atoms with Gasteiger partial charge in [0.15, 0.2) is 5.69 Å². The molecule has 0 aliphatic carbocycles. The van der Waals surface area contributed by atoms with E-state index in [1.807, 2.05) is 19.1 Å². The van der Waals surface area contributed by atoms with E-state index in [-0.39, 0.29) is 18.0 Å². The number of aryl methyl sites for hydroxylation is 1. The Labute approximate surface area is 179 Å². The quantitative estimate of drug-likeness (QED) is 0.300. The third-order valence-electron chi connectivity index (χ3n) is 4.00. The van der Waals surface area contributed by atoms with E-state index in [4.69, 9.17) is 27.9 Å². The predicted molar refractivity (Wildman–Crippen MR) is 113 cm³/mol. The molecule has 0 radical (unpaired) electrons.